The molecule has 2 aliphatic rings. The normalized spacial score (nSPS) is 19.6. The van der Waals surface area contributed by atoms with Gasteiger partial charge in [-0.1, -0.05) is 24.4 Å². The highest BCUT2D eigenvalue weighted by Crippen LogP contribution is 2.26. The van der Waals surface area contributed by atoms with Crippen molar-refractivity contribution >= 4 is 11.9 Å². The van der Waals surface area contributed by atoms with Crippen molar-refractivity contribution in [2.24, 2.45) is 0 Å². The first-order valence-corrected chi connectivity index (χ1v) is 9.24. The fraction of sp³-hybridized carbons (Fsp3) is 0.765. The van der Waals surface area contributed by atoms with Gasteiger partial charge in [0.2, 0.25) is 11.8 Å². The maximum atomic E-state index is 12.3. The summed E-state index contributed by atoms with van der Waals surface area (Å²) in [6.07, 6.45) is 7.26. The molecule has 2 N–H and O–H groups in total. The molecular weight excluding hydrogens is 322 g/mol. The largest absolute Gasteiger partial charge is 0.341 e. The molecule has 0 aromatic carbocycles. The Bertz CT molecular complexity index is 589. The van der Waals surface area contributed by atoms with Crippen molar-refractivity contribution in [3.63, 3.8) is 0 Å². The maximum absolute atomic E-state index is 12.3. The molecule has 0 spiro atoms. The highest BCUT2D eigenvalue weighted by Gasteiger charge is 2.27. The third-order valence-corrected chi connectivity index (χ3v) is 5.08. The van der Waals surface area contributed by atoms with E-state index in [1.165, 1.54) is 19.3 Å². The molecule has 1 aliphatic carbocycles. The van der Waals surface area contributed by atoms with Gasteiger partial charge in [-0.2, -0.15) is 4.98 Å². The van der Waals surface area contributed by atoms with Gasteiger partial charge in [0.05, 0.1) is 6.54 Å². The highest BCUT2D eigenvalue weighted by molar-refractivity contribution is 5.84. The van der Waals surface area contributed by atoms with Crippen molar-refractivity contribution in [1.29, 1.82) is 0 Å². The Morgan fingerprint density at radius 3 is 2.52 bits per heavy atom. The third kappa shape index (κ3) is 4.93. The Morgan fingerprint density at radius 1 is 1.16 bits per heavy atom. The van der Waals surface area contributed by atoms with E-state index in [-0.39, 0.29) is 30.4 Å². The summed E-state index contributed by atoms with van der Waals surface area (Å²) in [5.41, 5.74) is 0. The first-order chi connectivity index (χ1) is 12.1. The summed E-state index contributed by atoms with van der Waals surface area (Å²) < 4.78 is 5.22. The molecule has 1 aromatic heterocycles. The smallest absolute Gasteiger partial charge is 0.315 e. The standard InChI is InChI=1S/C17H27N5O3/c1-12-19-16(25-21-12)13-7-9-22(10-8-13)15(23)11-18-17(24)20-14-5-3-2-4-6-14/h13-14H,2-11H2,1H3,(H2,18,20,24). The van der Waals surface area contributed by atoms with E-state index in [0.29, 0.717) is 24.8 Å². The highest BCUT2D eigenvalue weighted by atomic mass is 16.5. The summed E-state index contributed by atoms with van der Waals surface area (Å²) in [6.45, 7) is 3.15. The number of likely N-dealkylation sites (tertiary alicyclic amines) is 1. The number of carbonyl (C=O) groups is 2. The van der Waals surface area contributed by atoms with Crippen molar-refractivity contribution in [2.75, 3.05) is 19.6 Å². The second-order valence-electron chi connectivity index (χ2n) is 7.00. The Morgan fingerprint density at radius 2 is 1.88 bits per heavy atom. The predicted octanol–water partition coefficient (Wildman–Crippen LogP) is 1.72. The lowest BCUT2D eigenvalue weighted by Gasteiger charge is -2.30. The molecule has 3 amide bonds. The number of rotatable bonds is 4. The molecule has 0 unspecified atom stereocenters. The monoisotopic (exact) mass is 349 g/mol. The summed E-state index contributed by atoms with van der Waals surface area (Å²) in [5.74, 6) is 1.48. The third-order valence-electron chi connectivity index (χ3n) is 5.08. The number of nitrogens with one attached hydrogen (secondary N) is 2. The zero-order valence-electron chi connectivity index (χ0n) is 14.8. The van der Waals surface area contributed by atoms with Crippen LogP contribution < -0.4 is 10.6 Å². The molecule has 1 saturated carbocycles. The minimum atomic E-state index is -0.239. The molecular formula is C17H27N5O3. The van der Waals surface area contributed by atoms with Gasteiger partial charge in [-0.05, 0) is 32.6 Å². The second kappa shape index (κ2) is 8.31. The van der Waals surface area contributed by atoms with Gasteiger partial charge in [0, 0.05) is 25.0 Å². The van der Waals surface area contributed by atoms with Crippen LogP contribution in [-0.2, 0) is 4.79 Å². The lowest BCUT2D eigenvalue weighted by atomic mass is 9.96. The molecule has 1 aromatic rings. The Kier molecular flexibility index (Phi) is 5.88. The molecule has 8 heteroatoms. The van der Waals surface area contributed by atoms with Crippen LogP contribution in [-0.4, -0.2) is 52.7 Å². The van der Waals surface area contributed by atoms with Crippen LogP contribution in [0.1, 0.15) is 62.6 Å². The molecule has 138 valence electrons. The molecule has 1 saturated heterocycles. The number of carbonyl (C=O) groups excluding carboxylic acids is 2. The number of hydrogen-bond donors (Lipinski definition) is 2. The maximum Gasteiger partial charge on any atom is 0.315 e. The lowest BCUT2D eigenvalue weighted by molar-refractivity contribution is -0.131. The molecule has 0 bridgehead atoms. The number of aryl methyl sites for hydroxylation is 1. The first kappa shape index (κ1) is 17.7. The van der Waals surface area contributed by atoms with Crippen LogP contribution in [0.15, 0.2) is 4.52 Å². The molecule has 2 heterocycles. The van der Waals surface area contributed by atoms with E-state index in [1.54, 1.807) is 11.8 Å². The van der Waals surface area contributed by atoms with Crippen molar-refractivity contribution in [3.8, 4) is 0 Å². The summed E-state index contributed by atoms with van der Waals surface area (Å²) in [7, 11) is 0. The number of urea groups is 1. The molecule has 2 fully saturated rings. The SMILES string of the molecule is Cc1noc(C2CCN(C(=O)CNC(=O)NC3CCCCC3)CC2)n1. The van der Waals surface area contributed by atoms with E-state index < -0.39 is 0 Å². The number of piperidine rings is 1. The van der Waals surface area contributed by atoms with Gasteiger partial charge in [0.1, 0.15) is 0 Å². The van der Waals surface area contributed by atoms with Gasteiger partial charge in [0.25, 0.3) is 0 Å². The Labute approximate surface area is 147 Å². The van der Waals surface area contributed by atoms with Gasteiger partial charge < -0.3 is 20.1 Å². The van der Waals surface area contributed by atoms with E-state index in [2.05, 4.69) is 20.8 Å². The van der Waals surface area contributed by atoms with Gasteiger partial charge >= 0.3 is 6.03 Å². The lowest BCUT2D eigenvalue weighted by Crippen LogP contribution is -2.48. The van der Waals surface area contributed by atoms with E-state index >= 15 is 0 Å². The quantitative estimate of drug-likeness (QED) is 0.862. The van der Waals surface area contributed by atoms with Gasteiger partial charge in [0.15, 0.2) is 5.82 Å². The number of aromatic nitrogens is 2. The fourth-order valence-corrected chi connectivity index (χ4v) is 3.61. The van der Waals surface area contributed by atoms with Crippen LogP contribution in [0.4, 0.5) is 4.79 Å². The van der Waals surface area contributed by atoms with E-state index in [9.17, 15) is 9.59 Å². The number of amides is 3. The summed E-state index contributed by atoms with van der Waals surface area (Å²) in [4.78, 5) is 30.3. The fourth-order valence-electron chi connectivity index (χ4n) is 3.61. The van der Waals surface area contributed by atoms with Crippen LogP contribution in [0.3, 0.4) is 0 Å². The molecule has 1 aliphatic heterocycles. The topological polar surface area (TPSA) is 100 Å². The summed E-state index contributed by atoms with van der Waals surface area (Å²) in [5, 5.41) is 9.47. The van der Waals surface area contributed by atoms with Gasteiger partial charge in [-0.15, -0.1) is 0 Å². The van der Waals surface area contributed by atoms with Gasteiger partial charge in [-0.3, -0.25) is 4.79 Å². The van der Waals surface area contributed by atoms with Crippen LogP contribution in [0.2, 0.25) is 0 Å². The minimum absolute atomic E-state index is 0.0426. The van der Waals surface area contributed by atoms with Crippen LogP contribution in [0, 0.1) is 6.92 Å². The van der Waals surface area contributed by atoms with Crippen molar-refractivity contribution < 1.29 is 14.1 Å². The van der Waals surface area contributed by atoms with Crippen LogP contribution >= 0.6 is 0 Å². The van der Waals surface area contributed by atoms with Crippen molar-refractivity contribution in [1.82, 2.24) is 25.7 Å². The van der Waals surface area contributed by atoms with E-state index in [4.69, 9.17) is 4.52 Å². The molecule has 8 nitrogen and oxygen atoms in total. The Balaban J connectivity index is 1.36. The van der Waals surface area contributed by atoms with Crippen molar-refractivity contribution in [3.05, 3.63) is 11.7 Å². The van der Waals surface area contributed by atoms with Crippen LogP contribution in [0.25, 0.3) is 0 Å². The zero-order chi connectivity index (χ0) is 17.6. The van der Waals surface area contributed by atoms with E-state index in [1.807, 2.05) is 0 Å². The first-order valence-electron chi connectivity index (χ1n) is 9.24. The Hall–Kier alpha value is -2.12. The average molecular weight is 349 g/mol. The minimum Gasteiger partial charge on any atom is -0.341 e. The number of nitrogens with zero attached hydrogens (tertiary/aromatic N) is 3. The average Bonchev–Trinajstić information content (AvgIpc) is 3.07. The molecule has 3 rings (SSSR count). The summed E-state index contributed by atoms with van der Waals surface area (Å²) >= 11 is 0. The number of hydrogen-bond acceptors (Lipinski definition) is 5. The molecule has 0 atom stereocenters. The zero-order valence-corrected chi connectivity index (χ0v) is 14.8. The molecule has 0 radical (unpaired) electrons. The van der Waals surface area contributed by atoms with Gasteiger partial charge in [-0.25, -0.2) is 4.79 Å². The van der Waals surface area contributed by atoms with Crippen molar-refractivity contribution in [2.45, 2.75) is 63.8 Å². The molecule has 25 heavy (non-hydrogen) atoms. The predicted molar refractivity (Wildman–Crippen MR) is 91.0 cm³/mol. The second-order valence-corrected chi connectivity index (χ2v) is 7.00. The van der Waals surface area contributed by atoms with E-state index in [0.717, 1.165) is 25.7 Å². The van der Waals surface area contributed by atoms with Crippen LogP contribution in [0.5, 0.6) is 0 Å². The summed E-state index contributed by atoms with van der Waals surface area (Å²) in [6, 6.07) is 0.00827.